The molecular weight excluding hydrogens is 204 g/mol. The molecule has 1 aromatic rings. The highest BCUT2D eigenvalue weighted by Crippen LogP contribution is 2.30. The van der Waals surface area contributed by atoms with Gasteiger partial charge in [-0.15, -0.1) is 0 Å². The van der Waals surface area contributed by atoms with Gasteiger partial charge in [0.05, 0.1) is 13.7 Å². The van der Waals surface area contributed by atoms with Gasteiger partial charge in [0.15, 0.2) is 11.5 Å². The molecule has 0 aromatic heterocycles. The van der Waals surface area contributed by atoms with Gasteiger partial charge >= 0.3 is 0 Å². The van der Waals surface area contributed by atoms with Gasteiger partial charge in [-0.05, 0) is 23.6 Å². The number of aliphatic hydroxyl groups excluding tert-OH is 1. The van der Waals surface area contributed by atoms with Crippen molar-refractivity contribution < 1.29 is 14.6 Å². The van der Waals surface area contributed by atoms with Crippen LogP contribution in [0.5, 0.6) is 11.5 Å². The highest BCUT2D eigenvalue weighted by Gasteiger charge is 2.07. The Morgan fingerprint density at radius 1 is 1.25 bits per heavy atom. The van der Waals surface area contributed by atoms with Crippen LogP contribution in [-0.2, 0) is 0 Å². The van der Waals surface area contributed by atoms with Crippen LogP contribution in [0.25, 0.3) is 0 Å². The summed E-state index contributed by atoms with van der Waals surface area (Å²) in [5, 5.41) is 8.68. The SMILES string of the molecule is COc1cc(C(C)C)ccc1OCCCO. The van der Waals surface area contributed by atoms with Gasteiger partial charge in [-0.1, -0.05) is 19.9 Å². The normalized spacial score (nSPS) is 10.6. The largest absolute Gasteiger partial charge is 0.493 e. The average molecular weight is 224 g/mol. The number of ether oxygens (including phenoxy) is 2. The zero-order valence-electron chi connectivity index (χ0n) is 10.2. The third-order valence-corrected chi connectivity index (χ3v) is 2.41. The molecule has 0 saturated carbocycles. The Labute approximate surface area is 97.0 Å². The second-order valence-electron chi connectivity index (χ2n) is 3.99. The minimum Gasteiger partial charge on any atom is -0.493 e. The van der Waals surface area contributed by atoms with E-state index in [9.17, 15) is 0 Å². The van der Waals surface area contributed by atoms with Gasteiger partial charge in [-0.25, -0.2) is 0 Å². The van der Waals surface area contributed by atoms with Gasteiger partial charge < -0.3 is 14.6 Å². The molecule has 3 nitrogen and oxygen atoms in total. The Bertz CT molecular complexity index is 321. The quantitative estimate of drug-likeness (QED) is 0.755. The molecule has 0 spiro atoms. The summed E-state index contributed by atoms with van der Waals surface area (Å²) < 4.78 is 10.8. The second kappa shape index (κ2) is 6.38. The summed E-state index contributed by atoms with van der Waals surface area (Å²) >= 11 is 0. The van der Waals surface area contributed by atoms with Crippen molar-refractivity contribution in [1.82, 2.24) is 0 Å². The summed E-state index contributed by atoms with van der Waals surface area (Å²) in [5.41, 5.74) is 1.23. The molecule has 0 saturated heterocycles. The molecule has 90 valence electrons. The predicted octanol–water partition coefficient (Wildman–Crippen LogP) is 2.58. The Kier molecular flexibility index (Phi) is 5.12. The lowest BCUT2D eigenvalue weighted by atomic mass is 10.0. The molecule has 0 bridgehead atoms. The van der Waals surface area contributed by atoms with Crippen molar-refractivity contribution in [2.24, 2.45) is 0 Å². The molecule has 0 aliphatic carbocycles. The van der Waals surface area contributed by atoms with Crippen LogP contribution in [0.4, 0.5) is 0 Å². The molecule has 0 aliphatic heterocycles. The van der Waals surface area contributed by atoms with Gasteiger partial charge in [0.1, 0.15) is 0 Å². The Morgan fingerprint density at radius 2 is 2.00 bits per heavy atom. The number of hydrogen-bond donors (Lipinski definition) is 1. The van der Waals surface area contributed by atoms with Crippen molar-refractivity contribution in [3.8, 4) is 11.5 Å². The van der Waals surface area contributed by atoms with Crippen molar-refractivity contribution in [3.63, 3.8) is 0 Å². The maximum atomic E-state index is 8.68. The van der Waals surface area contributed by atoms with E-state index in [0.29, 0.717) is 18.9 Å². The first kappa shape index (κ1) is 12.8. The smallest absolute Gasteiger partial charge is 0.161 e. The van der Waals surface area contributed by atoms with Crippen LogP contribution in [0, 0.1) is 0 Å². The van der Waals surface area contributed by atoms with E-state index in [-0.39, 0.29) is 6.61 Å². The minimum absolute atomic E-state index is 0.145. The van der Waals surface area contributed by atoms with Crippen molar-refractivity contribution in [2.75, 3.05) is 20.3 Å². The van der Waals surface area contributed by atoms with E-state index in [2.05, 4.69) is 13.8 Å². The molecule has 16 heavy (non-hydrogen) atoms. The van der Waals surface area contributed by atoms with Crippen LogP contribution in [0.2, 0.25) is 0 Å². The molecule has 0 aliphatic rings. The maximum absolute atomic E-state index is 8.68. The third kappa shape index (κ3) is 3.42. The minimum atomic E-state index is 0.145. The Morgan fingerprint density at radius 3 is 2.56 bits per heavy atom. The molecule has 0 fully saturated rings. The topological polar surface area (TPSA) is 38.7 Å². The number of hydrogen-bond acceptors (Lipinski definition) is 3. The fourth-order valence-corrected chi connectivity index (χ4v) is 1.41. The van der Waals surface area contributed by atoms with E-state index in [0.717, 1.165) is 11.5 Å². The van der Waals surface area contributed by atoms with Gasteiger partial charge in [-0.2, -0.15) is 0 Å². The number of aliphatic hydroxyl groups is 1. The molecule has 1 aromatic carbocycles. The van der Waals surface area contributed by atoms with Crippen molar-refractivity contribution in [2.45, 2.75) is 26.2 Å². The van der Waals surface area contributed by atoms with E-state index < -0.39 is 0 Å². The summed E-state index contributed by atoms with van der Waals surface area (Å²) in [4.78, 5) is 0. The molecule has 3 heteroatoms. The summed E-state index contributed by atoms with van der Waals surface area (Å²) in [7, 11) is 1.64. The third-order valence-electron chi connectivity index (χ3n) is 2.41. The molecule has 1 N–H and O–H groups in total. The van der Waals surface area contributed by atoms with E-state index in [1.165, 1.54) is 5.56 Å². The Balaban J connectivity index is 2.76. The highest BCUT2D eigenvalue weighted by atomic mass is 16.5. The first-order valence-corrected chi connectivity index (χ1v) is 5.60. The summed E-state index contributed by atoms with van der Waals surface area (Å²) in [6.07, 6.45) is 0.634. The fraction of sp³-hybridized carbons (Fsp3) is 0.538. The zero-order chi connectivity index (χ0) is 12.0. The number of rotatable bonds is 6. The zero-order valence-corrected chi connectivity index (χ0v) is 10.2. The van der Waals surface area contributed by atoms with Crippen LogP contribution in [-0.4, -0.2) is 25.4 Å². The van der Waals surface area contributed by atoms with Gasteiger partial charge in [0.25, 0.3) is 0 Å². The van der Waals surface area contributed by atoms with Crippen LogP contribution in [0.1, 0.15) is 31.7 Å². The van der Waals surface area contributed by atoms with Crippen molar-refractivity contribution in [1.29, 1.82) is 0 Å². The van der Waals surface area contributed by atoms with Gasteiger partial charge in [0.2, 0.25) is 0 Å². The lowest BCUT2D eigenvalue weighted by molar-refractivity contribution is 0.228. The highest BCUT2D eigenvalue weighted by molar-refractivity contribution is 5.43. The Hall–Kier alpha value is -1.22. The first-order chi connectivity index (χ1) is 7.69. The average Bonchev–Trinajstić information content (AvgIpc) is 2.29. The molecule has 0 amide bonds. The lowest BCUT2D eigenvalue weighted by Gasteiger charge is -2.13. The molecule has 1 rings (SSSR count). The maximum Gasteiger partial charge on any atom is 0.161 e. The van der Waals surface area contributed by atoms with E-state index >= 15 is 0 Å². The van der Waals surface area contributed by atoms with Crippen molar-refractivity contribution in [3.05, 3.63) is 23.8 Å². The molecular formula is C13H20O3. The van der Waals surface area contributed by atoms with E-state index in [1.807, 2.05) is 18.2 Å². The number of methoxy groups -OCH3 is 1. The lowest BCUT2D eigenvalue weighted by Crippen LogP contribution is -2.02. The summed E-state index contributed by atoms with van der Waals surface area (Å²) in [6, 6.07) is 5.96. The first-order valence-electron chi connectivity index (χ1n) is 5.60. The van der Waals surface area contributed by atoms with Gasteiger partial charge in [0, 0.05) is 13.0 Å². The van der Waals surface area contributed by atoms with E-state index in [1.54, 1.807) is 7.11 Å². The predicted molar refractivity (Wildman–Crippen MR) is 64.3 cm³/mol. The molecule has 0 unspecified atom stereocenters. The fourth-order valence-electron chi connectivity index (χ4n) is 1.41. The monoisotopic (exact) mass is 224 g/mol. The molecule has 0 atom stereocenters. The van der Waals surface area contributed by atoms with Crippen LogP contribution >= 0.6 is 0 Å². The second-order valence-corrected chi connectivity index (χ2v) is 3.99. The van der Waals surface area contributed by atoms with Crippen molar-refractivity contribution >= 4 is 0 Å². The summed E-state index contributed by atoms with van der Waals surface area (Å²) in [6.45, 7) is 4.93. The van der Waals surface area contributed by atoms with Crippen LogP contribution in [0.15, 0.2) is 18.2 Å². The standard InChI is InChI=1S/C13H20O3/c1-10(2)11-5-6-12(13(9-11)15-3)16-8-4-7-14/h5-6,9-10,14H,4,7-8H2,1-3H3. The molecule has 0 radical (unpaired) electrons. The van der Waals surface area contributed by atoms with Crippen LogP contribution < -0.4 is 9.47 Å². The summed E-state index contributed by atoms with van der Waals surface area (Å²) in [5.74, 6) is 1.96. The van der Waals surface area contributed by atoms with Crippen LogP contribution in [0.3, 0.4) is 0 Å². The van der Waals surface area contributed by atoms with E-state index in [4.69, 9.17) is 14.6 Å². The number of benzene rings is 1. The van der Waals surface area contributed by atoms with Gasteiger partial charge in [-0.3, -0.25) is 0 Å². The molecule has 0 heterocycles.